The second-order valence-electron chi connectivity index (χ2n) is 3.74. The number of pyridine rings is 1. The van der Waals surface area contributed by atoms with Crippen LogP contribution in [0.4, 0.5) is 0 Å². The zero-order valence-electron chi connectivity index (χ0n) is 9.72. The van der Waals surface area contributed by atoms with E-state index in [-0.39, 0.29) is 17.1 Å². The maximum Gasteiger partial charge on any atom is 0.274 e. The van der Waals surface area contributed by atoms with Crippen LogP contribution in [0.15, 0.2) is 23.1 Å². The molecule has 0 bridgehead atoms. The van der Waals surface area contributed by atoms with Gasteiger partial charge in [0.1, 0.15) is 11.4 Å². The summed E-state index contributed by atoms with van der Waals surface area (Å²) in [4.78, 5) is 18.5. The quantitative estimate of drug-likeness (QED) is 0.871. The molecule has 1 unspecified atom stereocenters. The molecule has 0 aliphatic carbocycles. The van der Waals surface area contributed by atoms with Crippen LogP contribution >= 0.6 is 11.6 Å². The van der Waals surface area contributed by atoms with Gasteiger partial charge in [0, 0.05) is 6.20 Å². The van der Waals surface area contributed by atoms with E-state index in [2.05, 4.69) is 20.2 Å². The van der Waals surface area contributed by atoms with Gasteiger partial charge in [0.2, 0.25) is 0 Å². The summed E-state index contributed by atoms with van der Waals surface area (Å²) in [5, 5.41) is 8.15. The molecule has 6 nitrogen and oxygen atoms in total. The largest absolute Gasteiger partial charge is 0.322 e. The fraction of sp³-hybridized carbons (Fsp3) is 0.273. The highest BCUT2D eigenvalue weighted by atomic mass is 35.5. The van der Waals surface area contributed by atoms with Crippen LogP contribution in [0.3, 0.4) is 0 Å². The molecule has 0 fully saturated rings. The minimum atomic E-state index is -0.422. The molecule has 0 radical (unpaired) electrons. The van der Waals surface area contributed by atoms with Crippen LogP contribution in [0.5, 0.6) is 0 Å². The average molecular weight is 266 g/mol. The Labute approximate surface area is 108 Å². The summed E-state index contributed by atoms with van der Waals surface area (Å²) in [5.41, 5.74) is 5.99. The van der Waals surface area contributed by atoms with Crippen LogP contribution in [0.25, 0.3) is 11.5 Å². The Hall–Kier alpha value is -1.79. The normalized spacial score (nSPS) is 12.4. The predicted molar refractivity (Wildman–Crippen MR) is 68.1 cm³/mol. The number of hydrogen-bond donors (Lipinski definition) is 2. The third-order valence-electron chi connectivity index (χ3n) is 2.50. The molecule has 2 heterocycles. The molecule has 18 heavy (non-hydrogen) atoms. The van der Waals surface area contributed by atoms with Crippen molar-refractivity contribution in [3.05, 3.63) is 39.4 Å². The topological polar surface area (TPSA) is 97.5 Å². The monoisotopic (exact) mass is 265 g/mol. The van der Waals surface area contributed by atoms with Gasteiger partial charge in [-0.05, 0) is 18.6 Å². The third-order valence-corrected chi connectivity index (χ3v) is 2.80. The molecule has 2 aromatic rings. The Kier molecular flexibility index (Phi) is 3.69. The second kappa shape index (κ2) is 5.24. The molecule has 1 atom stereocenters. The summed E-state index contributed by atoms with van der Waals surface area (Å²) in [5.74, 6) is 0.234. The van der Waals surface area contributed by atoms with Gasteiger partial charge in [-0.2, -0.15) is 0 Å². The van der Waals surface area contributed by atoms with Crippen molar-refractivity contribution in [3.8, 4) is 11.5 Å². The van der Waals surface area contributed by atoms with Crippen LogP contribution in [-0.4, -0.2) is 20.2 Å². The number of nitrogens with two attached hydrogens (primary N) is 1. The number of H-pyrrole nitrogens is 1. The highest BCUT2D eigenvalue weighted by Crippen LogP contribution is 2.20. The van der Waals surface area contributed by atoms with E-state index in [9.17, 15) is 4.79 Å². The van der Waals surface area contributed by atoms with Crippen molar-refractivity contribution in [2.45, 2.75) is 19.4 Å². The molecule has 94 valence electrons. The van der Waals surface area contributed by atoms with Crippen molar-refractivity contribution in [1.29, 1.82) is 0 Å². The number of aromatic nitrogens is 4. The first-order valence-electron chi connectivity index (χ1n) is 5.46. The molecule has 0 saturated heterocycles. The minimum absolute atomic E-state index is 0.216. The second-order valence-corrected chi connectivity index (χ2v) is 4.14. The molecule has 0 saturated carbocycles. The number of nitrogens with one attached hydrogen (secondary N) is 1. The van der Waals surface area contributed by atoms with Gasteiger partial charge in [-0.25, -0.2) is 0 Å². The Morgan fingerprint density at radius 1 is 1.50 bits per heavy atom. The number of halogens is 1. The number of hydrogen-bond acceptors (Lipinski definition) is 5. The summed E-state index contributed by atoms with van der Waals surface area (Å²) < 4.78 is 0. The fourth-order valence-electron chi connectivity index (χ4n) is 1.45. The smallest absolute Gasteiger partial charge is 0.274 e. The van der Waals surface area contributed by atoms with E-state index >= 15 is 0 Å². The molecular formula is C11H12ClN5O. The van der Waals surface area contributed by atoms with Gasteiger partial charge in [-0.1, -0.05) is 18.5 Å². The summed E-state index contributed by atoms with van der Waals surface area (Å²) in [6.07, 6.45) is 2.17. The Balaban J connectivity index is 2.47. The van der Waals surface area contributed by atoms with Crippen molar-refractivity contribution < 1.29 is 0 Å². The van der Waals surface area contributed by atoms with Crippen molar-refractivity contribution in [1.82, 2.24) is 20.2 Å². The number of aromatic amines is 1. The Morgan fingerprint density at radius 3 is 2.89 bits per heavy atom. The van der Waals surface area contributed by atoms with Crippen LogP contribution in [0.2, 0.25) is 5.02 Å². The molecule has 0 spiro atoms. The zero-order valence-corrected chi connectivity index (χ0v) is 10.5. The van der Waals surface area contributed by atoms with E-state index in [0.29, 0.717) is 17.1 Å². The number of nitrogens with zero attached hydrogens (tertiary/aromatic N) is 3. The first kappa shape index (κ1) is 12.7. The zero-order chi connectivity index (χ0) is 13.1. The molecule has 3 N–H and O–H groups in total. The molecule has 7 heteroatoms. The van der Waals surface area contributed by atoms with Crippen LogP contribution in [-0.2, 0) is 0 Å². The third kappa shape index (κ3) is 2.39. The Bertz CT molecular complexity index is 612. The lowest BCUT2D eigenvalue weighted by Crippen LogP contribution is -2.25. The molecule has 0 aromatic carbocycles. The maximum atomic E-state index is 11.8. The van der Waals surface area contributed by atoms with Gasteiger partial charge < -0.3 is 10.7 Å². The molecule has 2 aromatic heterocycles. The van der Waals surface area contributed by atoms with Crippen LogP contribution in [0.1, 0.15) is 25.1 Å². The van der Waals surface area contributed by atoms with Gasteiger partial charge >= 0.3 is 0 Å². The van der Waals surface area contributed by atoms with Gasteiger partial charge in [0.15, 0.2) is 5.82 Å². The lowest BCUT2D eigenvalue weighted by molar-refractivity contribution is 0.645. The van der Waals surface area contributed by atoms with E-state index in [1.807, 2.05) is 6.92 Å². The van der Waals surface area contributed by atoms with Gasteiger partial charge in [0.05, 0.1) is 11.1 Å². The van der Waals surface area contributed by atoms with Gasteiger partial charge in [-0.3, -0.25) is 9.78 Å². The molecule has 2 rings (SSSR count). The molecular weight excluding hydrogens is 254 g/mol. The van der Waals surface area contributed by atoms with Crippen molar-refractivity contribution in [3.63, 3.8) is 0 Å². The lowest BCUT2D eigenvalue weighted by Gasteiger charge is -2.07. The summed E-state index contributed by atoms with van der Waals surface area (Å²) in [6, 6.07) is 2.93. The van der Waals surface area contributed by atoms with Crippen molar-refractivity contribution in [2.75, 3.05) is 0 Å². The SMILES string of the molecule is CCC(N)c1nnc(-c2ncccc2Cl)[nH]c1=O. The standard InChI is InChI=1S/C11H12ClN5O/c1-2-7(13)9-11(18)15-10(17-16-9)8-6(12)4-3-5-14-8/h3-5,7H,2,13H2,1H3,(H,15,17,18). The fourth-order valence-corrected chi connectivity index (χ4v) is 1.66. The van der Waals surface area contributed by atoms with Gasteiger partial charge in [0.25, 0.3) is 5.56 Å². The van der Waals surface area contributed by atoms with Crippen molar-refractivity contribution >= 4 is 11.6 Å². The summed E-state index contributed by atoms with van der Waals surface area (Å²) in [7, 11) is 0. The van der Waals surface area contributed by atoms with E-state index in [0.717, 1.165) is 0 Å². The van der Waals surface area contributed by atoms with Crippen LogP contribution < -0.4 is 11.3 Å². The first-order valence-corrected chi connectivity index (χ1v) is 5.84. The predicted octanol–water partition coefficient (Wildman–Crippen LogP) is 1.29. The van der Waals surface area contributed by atoms with E-state index < -0.39 is 6.04 Å². The van der Waals surface area contributed by atoms with E-state index in [4.69, 9.17) is 17.3 Å². The van der Waals surface area contributed by atoms with E-state index in [1.165, 1.54) is 0 Å². The molecule has 0 aliphatic heterocycles. The highest BCUT2D eigenvalue weighted by molar-refractivity contribution is 6.32. The Morgan fingerprint density at radius 2 is 2.28 bits per heavy atom. The summed E-state index contributed by atoms with van der Waals surface area (Å²) >= 11 is 5.96. The summed E-state index contributed by atoms with van der Waals surface area (Å²) in [6.45, 7) is 1.87. The minimum Gasteiger partial charge on any atom is -0.322 e. The average Bonchev–Trinajstić information content (AvgIpc) is 2.38. The van der Waals surface area contributed by atoms with Gasteiger partial charge in [-0.15, -0.1) is 10.2 Å². The number of rotatable bonds is 3. The van der Waals surface area contributed by atoms with Crippen LogP contribution in [0, 0.1) is 0 Å². The first-order chi connectivity index (χ1) is 8.63. The highest BCUT2D eigenvalue weighted by Gasteiger charge is 2.14. The van der Waals surface area contributed by atoms with Crippen molar-refractivity contribution in [2.24, 2.45) is 5.73 Å². The molecule has 0 aliphatic rings. The van der Waals surface area contributed by atoms with E-state index in [1.54, 1.807) is 18.3 Å². The maximum absolute atomic E-state index is 11.8. The lowest BCUT2D eigenvalue weighted by atomic mass is 10.2. The molecule has 0 amide bonds.